The zero-order chi connectivity index (χ0) is 23.2. The summed E-state index contributed by atoms with van der Waals surface area (Å²) >= 11 is 7.18. The van der Waals surface area contributed by atoms with Crippen LogP contribution in [0.1, 0.15) is 22.8 Å². The van der Waals surface area contributed by atoms with Crippen molar-refractivity contribution < 1.29 is 13.9 Å². The lowest BCUT2D eigenvalue weighted by Gasteiger charge is -2.36. The first kappa shape index (κ1) is 23.4. The van der Waals surface area contributed by atoms with Gasteiger partial charge < -0.3 is 15.0 Å². The third kappa shape index (κ3) is 5.96. The lowest BCUT2D eigenvalue weighted by Crippen LogP contribution is -2.49. The van der Waals surface area contributed by atoms with Gasteiger partial charge in [0, 0.05) is 37.6 Å². The molecule has 172 valence electrons. The SMILES string of the molecule is CCOC(=O)c1cc(-c2ccccc2)sc1NC(=S)N1CCN(Cc2ccc(F)cc2)CC1. The average Bonchev–Trinajstić information content (AvgIpc) is 3.25. The largest absolute Gasteiger partial charge is 0.462 e. The van der Waals surface area contributed by atoms with Crippen molar-refractivity contribution >= 4 is 39.6 Å². The van der Waals surface area contributed by atoms with E-state index in [1.54, 1.807) is 6.92 Å². The molecule has 33 heavy (non-hydrogen) atoms. The molecule has 0 aliphatic carbocycles. The number of thiophene rings is 1. The molecular formula is C25H26FN3O2S2. The highest BCUT2D eigenvalue weighted by Crippen LogP contribution is 2.36. The first-order chi connectivity index (χ1) is 16.0. The Labute approximate surface area is 202 Å². The number of carbonyl (C=O) groups excluding carboxylic acids is 1. The maximum Gasteiger partial charge on any atom is 0.341 e. The molecule has 1 saturated heterocycles. The first-order valence-corrected chi connectivity index (χ1v) is 12.1. The van der Waals surface area contributed by atoms with Crippen LogP contribution in [-0.2, 0) is 11.3 Å². The minimum Gasteiger partial charge on any atom is -0.462 e. The number of halogens is 1. The van der Waals surface area contributed by atoms with Gasteiger partial charge in [0.25, 0.3) is 0 Å². The van der Waals surface area contributed by atoms with Crippen LogP contribution in [0, 0.1) is 5.82 Å². The van der Waals surface area contributed by atoms with Crippen LogP contribution in [0.15, 0.2) is 60.7 Å². The number of carbonyl (C=O) groups is 1. The predicted molar refractivity (Wildman–Crippen MR) is 135 cm³/mol. The zero-order valence-electron chi connectivity index (χ0n) is 18.4. The molecular weight excluding hydrogens is 457 g/mol. The van der Waals surface area contributed by atoms with E-state index in [0.717, 1.165) is 48.7 Å². The van der Waals surface area contributed by atoms with Crippen LogP contribution in [0.2, 0.25) is 0 Å². The standard InChI is InChI=1S/C25H26FN3O2S2/c1-2-31-24(30)21-16-22(19-6-4-3-5-7-19)33-23(21)27-25(32)29-14-12-28(13-15-29)17-18-8-10-20(26)11-9-18/h3-11,16H,2,12-15,17H2,1H3,(H,27,32). The maximum atomic E-state index is 13.1. The molecule has 1 N–H and O–H groups in total. The molecule has 1 fully saturated rings. The third-order valence-electron chi connectivity index (χ3n) is 5.49. The van der Waals surface area contributed by atoms with Crippen molar-refractivity contribution in [3.8, 4) is 10.4 Å². The fourth-order valence-corrected chi connectivity index (χ4v) is 5.12. The summed E-state index contributed by atoms with van der Waals surface area (Å²) in [4.78, 5) is 18.0. The van der Waals surface area contributed by atoms with E-state index < -0.39 is 0 Å². The molecule has 1 aromatic heterocycles. The normalized spacial score (nSPS) is 14.2. The highest BCUT2D eigenvalue weighted by atomic mass is 32.1. The van der Waals surface area contributed by atoms with Crippen LogP contribution < -0.4 is 5.32 Å². The number of benzene rings is 2. The number of hydrogen-bond donors (Lipinski definition) is 1. The van der Waals surface area contributed by atoms with Crippen LogP contribution in [0.5, 0.6) is 0 Å². The average molecular weight is 484 g/mol. The fraction of sp³-hybridized carbons (Fsp3) is 0.280. The Bertz CT molecular complexity index is 1090. The molecule has 2 aromatic carbocycles. The summed E-state index contributed by atoms with van der Waals surface area (Å²) in [5, 5.41) is 4.60. The van der Waals surface area contributed by atoms with E-state index >= 15 is 0 Å². The summed E-state index contributed by atoms with van der Waals surface area (Å²) in [6.45, 7) is 6.15. The zero-order valence-corrected chi connectivity index (χ0v) is 20.1. The van der Waals surface area contributed by atoms with Crippen LogP contribution in [0.3, 0.4) is 0 Å². The second-order valence-electron chi connectivity index (χ2n) is 7.76. The summed E-state index contributed by atoms with van der Waals surface area (Å²) in [7, 11) is 0. The van der Waals surface area contributed by atoms with Crippen molar-refractivity contribution in [2.45, 2.75) is 13.5 Å². The van der Waals surface area contributed by atoms with E-state index in [1.807, 2.05) is 48.5 Å². The molecule has 0 radical (unpaired) electrons. The van der Waals surface area contributed by atoms with Crippen molar-refractivity contribution in [2.24, 2.45) is 0 Å². The number of esters is 1. The number of piperazine rings is 1. The highest BCUT2D eigenvalue weighted by Gasteiger charge is 2.23. The minimum absolute atomic E-state index is 0.217. The van der Waals surface area contributed by atoms with Gasteiger partial charge >= 0.3 is 5.97 Å². The number of ether oxygens (including phenoxy) is 1. The van der Waals surface area contributed by atoms with Crippen LogP contribution >= 0.6 is 23.6 Å². The van der Waals surface area contributed by atoms with Crippen molar-refractivity contribution in [3.63, 3.8) is 0 Å². The Morgan fingerprint density at radius 1 is 1.09 bits per heavy atom. The van der Waals surface area contributed by atoms with Gasteiger partial charge in [-0.1, -0.05) is 42.5 Å². The summed E-state index contributed by atoms with van der Waals surface area (Å²) in [5.41, 5.74) is 2.64. The predicted octanol–water partition coefficient (Wildman–Crippen LogP) is 5.25. The Kier molecular flexibility index (Phi) is 7.69. The summed E-state index contributed by atoms with van der Waals surface area (Å²) in [6.07, 6.45) is 0. The molecule has 0 saturated carbocycles. The van der Waals surface area contributed by atoms with Crippen molar-refractivity contribution in [1.82, 2.24) is 9.80 Å². The van der Waals surface area contributed by atoms with E-state index in [-0.39, 0.29) is 11.8 Å². The number of hydrogen-bond acceptors (Lipinski definition) is 5. The second-order valence-corrected chi connectivity index (χ2v) is 9.20. The molecule has 0 unspecified atom stereocenters. The smallest absolute Gasteiger partial charge is 0.341 e. The lowest BCUT2D eigenvalue weighted by atomic mass is 10.1. The number of thiocarbonyl (C=S) groups is 1. The van der Waals surface area contributed by atoms with Crippen molar-refractivity contribution in [3.05, 3.63) is 77.6 Å². The molecule has 0 spiro atoms. The Morgan fingerprint density at radius 3 is 2.45 bits per heavy atom. The first-order valence-electron chi connectivity index (χ1n) is 10.9. The van der Waals surface area contributed by atoms with Gasteiger partial charge in [-0.25, -0.2) is 9.18 Å². The third-order valence-corrected chi connectivity index (χ3v) is 6.94. The summed E-state index contributed by atoms with van der Waals surface area (Å²) < 4.78 is 18.4. The van der Waals surface area contributed by atoms with Gasteiger partial charge in [0.2, 0.25) is 0 Å². The van der Waals surface area contributed by atoms with Crippen LogP contribution in [0.25, 0.3) is 10.4 Å². The quantitative estimate of drug-likeness (QED) is 0.382. The number of anilines is 1. The maximum absolute atomic E-state index is 13.1. The van der Waals surface area contributed by atoms with Gasteiger partial charge in [0.15, 0.2) is 5.11 Å². The highest BCUT2D eigenvalue weighted by molar-refractivity contribution is 7.80. The van der Waals surface area contributed by atoms with E-state index in [2.05, 4.69) is 15.1 Å². The molecule has 0 bridgehead atoms. The minimum atomic E-state index is -0.356. The molecule has 3 aromatic rings. The summed E-state index contributed by atoms with van der Waals surface area (Å²) in [5.74, 6) is -0.573. The Morgan fingerprint density at radius 2 is 1.79 bits per heavy atom. The topological polar surface area (TPSA) is 44.8 Å². The van der Waals surface area contributed by atoms with Gasteiger partial charge in [-0.05, 0) is 48.5 Å². The van der Waals surface area contributed by atoms with Crippen LogP contribution in [-0.4, -0.2) is 53.7 Å². The number of rotatable bonds is 6. The van der Waals surface area contributed by atoms with Crippen molar-refractivity contribution in [1.29, 1.82) is 0 Å². The van der Waals surface area contributed by atoms with Gasteiger partial charge in [-0.15, -0.1) is 11.3 Å². The van der Waals surface area contributed by atoms with Gasteiger partial charge in [0.1, 0.15) is 10.8 Å². The van der Waals surface area contributed by atoms with Crippen LogP contribution in [0.4, 0.5) is 9.39 Å². The van der Waals surface area contributed by atoms with E-state index in [4.69, 9.17) is 17.0 Å². The van der Waals surface area contributed by atoms with E-state index in [0.29, 0.717) is 22.3 Å². The monoisotopic (exact) mass is 483 g/mol. The number of nitrogens with one attached hydrogen (secondary N) is 1. The molecule has 5 nitrogen and oxygen atoms in total. The van der Waals surface area contributed by atoms with Gasteiger partial charge in [-0.2, -0.15) is 0 Å². The molecule has 0 atom stereocenters. The van der Waals surface area contributed by atoms with Gasteiger partial charge in [0.05, 0.1) is 12.2 Å². The molecule has 8 heteroatoms. The molecule has 0 amide bonds. The molecule has 1 aliphatic heterocycles. The molecule has 4 rings (SSSR count). The molecule has 2 heterocycles. The van der Waals surface area contributed by atoms with E-state index in [1.165, 1.54) is 23.5 Å². The lowest BCUT2D eigenvalue weighted by molar-refractivity contribution is 0.0528. The molecule has 1 aliphatic rings. The van der Waals surface area contributed by atoms with Gasteiger partial charge in [-0.3, -0.25) is 4.90 Å². The van der Waals surface area contributed by atoms with Crippen molar-refractivity contribution in [2.75, 3.05) is 38.1 Å². The second kappa shape index (κ2) is 10.9. The fourth-order valence-electron chi connectivity index (χ4n) is 3.72. The Hall–Kier alpha value is -2.81. The number of nitrogens with zero attached hydrogens (tertiary/aromatic N) is 2. The van der Waals surface area contributed by atoms with E-state index in [9.17, 15) is 9.18 Å². The summed E-state index contributed by atoms with van der Waals surface area (Å²) in [6, 6.07) is 18.5. The Balaban J connectivity index is 1.41.